The second kappa shape index (κ2) is 9.01. The summed E-state index contributed by atoms with van der Waals surface area (Å²) >= 11 is 0. The van der Waals surface area contributed by atoms with Crippen molar-refractivity contribution in [3.05, 3.63) is 79.0 Å². The highest BCUT2D eigenvalue weighted by Gasteiger charge is 2.22. The maximum atomic E-state index is 12.7. The Kier molecular flexibility index (Phi) is 5.61. The van der Waals surface area contributed by atoms with Crippen molar-refractivity contribution in [1.29, 1.82) is 0 Å². The van der Waals surface area contributed by atoms with Crippen LogP contribution in [-0.2, 0) is 4.79 Å². The summed E-state index contributed by atoms with van der Waals surface area (Å²) in [5, 5.41) is 10.8. The standard InChI is InChI=1S/C25H23N5O2/c31-25(18-32-23-10-5-7-19-6-1-2-8-20(19)23)30-16-14-29(15-17-30)24-12-11-22(27-28-24)21-9-3-4-13-26-21/h1-13H,14-18H2. The number of piperazine rings is 1. The quantitative estimate of drug-likeness (QED) is 0.488. The Morgan fingerprint density at radius 3 is 2.41 bits per heavy atom. The van der Waals surface area contributed by atoms with Gasteiger partial charge < -0.3 is 14.5 Å². The van der Waals surface area contributed by atoms with Gasteiger partial charge in [0.05, 0.1) is 5.69 Å². The normalized spacial score (nSPS) is 13.9. The minimum absolute atomic E-state index is 0.00540. The molecule has 2 aromatic carbocycles. The number of fused-ring (bicyclic) bond motifs is 1. The molecule has 0 N–H and O–H groups in total. The van der Waals surface area contributed by atoms with E-state index in [1.807, 2.05) is 77.7 Å². The number of benzene rings is 2. The maximum absolute atomic E-state index is 12.7. The highest BCUT2D eigenvalue weighted by molar-refractivity contribution is 5.88. The van der Waals surface area contributed by atoms with Gasteiger partial charge in [0, 0.05) is 37.8 Å². The van der Waals surface area contributed by atoms with Crippen molar-refractivity contribution in [2.24, 2.45) is 0 Å². The number of ether oxygens (including phenoxy) is 1. The Bertz CT molecular complexity index is 1200. The third-order valence-corrected chi connectivity index (χ3v) is 5.63. The summed E-state index contributed by atoms with van der Waals surface area (Å²) in [6, 6.07) is 23.5. The first-order chi connectivity index (χ1) is 15.8. The van der Waals surface area contributed by atoms with Crippen molar-refractivity contribution in [3.63, 3.8) is 0 Å². The zero-order chi connectivity index (χ0) is 21.8. The summed E-state index contributed by atoms with van der Waals surface area (Å²) in [5.74, 6) is 1.54. The Morgan fingerprint density at radius 2 is 1.62 bits per heavy atom. The lowest BCUT2D eigenvalue weighted by Crippen LogP contribution is -2.50. The second-order valence-electron chi connectivity index (χ2n) is 7.63. The third-order valence-electron chi connectivity index (χ3n) is 5.63. The topological polar surface area (TPSA) is 71.5 Å². The lowest BCUT2D eigenvalue weighted by atomic mass is 10.1. The minimum Gasteiger partial charge on any atom is -0.483 e. The molecule has 7 heteroatoms. The average molecular weight is 425 g/mol. The maximum Gasteiger partial charge on any atom is 0.260 e. The van der Waals surface area contributed by atoms with Crippen LogP contribution in [0.15, 0.2) is 79.0 Å². The van der Waals surface area contributed by atoms with Crippen molar-refractivity contribution >= 4 is 22.5 Å². The molecular formula is C25H23N5O2. The van der Waals surface area contributed by atoms with Crippen LogP contribution in [0.3, 0.4) is 0 Å². The molecule has 160 valence electrons. The molecule has 1 saturated heterocycles. The van der Waals surface area contributed by atoms with E-state index in [9.17, 15) is 4.79 Å². The molecule has 7 nitrogen and oxygen atoms in total. The molecule has 4 aromatic rings. The van der Waals surface area contributed by atoms with Gasteiger partial charge in [-0.15, -0.1) is 10.2 Å². The van der Waals surface area contributed by atoms with E-state index in [2.05, 4.69) is 20.1 Å². The Hall–Kier alpha value is -4.00. The van der Waals surface area contributed by atoms with Gasteiger partial charge in [-0.1, -0.05) is 42.5 Å². The second-order valence-corrected chi connectivity index (χ2v) is 7.63. The lowest BCUT2D eigenvalue weighted by molar-refractivity contribution is -0.133. The molecule has 32 heavy (non-hydrogen) atoms. The van der Waals surface area contributed by atoms with Gasteiger partial charge in [-0.25, -0.2) is 0 Å². The average Bonchev–Trinajstić information content (AvgIpc) is 2.88. The number of hydrogen-bond donors (Lipinski definition) is 0. The fraction of sp³-hybridized carbons (Fsp3) is 0.200. The fourth-order valence-corrected chi connectivity index (χ4v) is 3.88. The van der Waals surface area contributed by atoms with E-state index < -0.39 is 0 Å². The first-order valence-electron chi connectivity index (χ1n) is 10.7. The molecule has 2 aromatic heterocycles. The summed E-state index contributed by atoms with van der Waals surface area (Å²) < 4.78 is 5.87. The van der Waals surface area contributed by atoms with E-state index in [1.165, 1.54) is 0 Å². The molecule has 0 unspecified atom stereocenters. The van der Waals surface area contributed by atoms with Crippen molar-refractivity contribution in [3.8, 4) is 17.1 Å². The largest absolute Gasteiger partial charge is 0.483 e. The van der Waals surface area contributed by atoms with E-state index >= 15 is 0 Å². The molecule has 1 aliphatic heterocycles. The van der Waals surface area contributed by atoms with E-state index in [1.54, 1.807) is 6.20 Å². The van der Waals surface area contributed by atoms with E-state index in [-0.39, 0.29) is 12.5 Å². The highest BCUT2D eigenvalue weighted by atomic mass is 16.5. The van der Waals surface area contributed by atoms with Crippen LogP contribution in [-0.4, -0.2) is 58.8 Å². The van der Waals surface area contributed by atoms with Gasteiger partial charge in [-0.05, 0) is 35.7 Å². The van der Waals surface area contributed by atoms with E-state index in [0.717, 1.165) is 33.7 Å². The summed E-state index contributed by atoms with van der Waals surface area (Å²) in [4.78, 5) is 21.0. The molecule has 1 fully saturated rings. The van der Waals surface area contributed by atoms with Gasteiger partial charge in [-0.2, -0.15) is 0 Å². The molecule has 5 rings (SSSR count). The van der Waals surface area contributed by atoms with Gasteiger partial charge in [0.2, 0.25) is 0 Å². The van der Waals surface area contributed by atoms with Gasteiger partial charge in [0.25, 0.3) is 5.91 Å². The molecule has 3 heterocycles. The number of rotatable bonds is 5. The molecule has 1 amide bonds. The van der Waals surface area contributed by atoms with Crippen molar-refractivity contribution in [2.75, 3.05) is 37.7 Å². The molecule has 1 aliphatic rings. The molecule has 0 spiro atoms. The monoisotopic (exact) mass is 425 g/mol. The first-order valence-corrected chi connectivity index (χ1v) is 10.7. The number of aromatic nitrogens is 3. The number of pyridine rings is 1. The van der Waals surface area contributed by atoms with Gasteiger partial charge in [0.15, 0.2) is 12.4 Å². The van der Waals surface area contributed by atoms with Crippen LogP contribution >= 0.6 is 0 Å². The van der Waals surface area contributed by atoms with E-state index in [0.29, 0.717) is 26.2 Å². The van der Waals surface area contributed by atoms with Gasteiger partial charge in [-0.3, -0.25) is 9.78 Å². The van der Waals surface area contributed by atoms with Crippen molar-refractivity contribution in [2.45, 2.75) is 0 Å². The number of carbonyl (C=O) groups is 1. The molecule has 0 radical (unpaired) electrons. The Balaban J connectivity index is 1.16. The van der Waals surface area contributed by atoms with Crippen LogP contribution in [0.4, 0.5) is 5.82 Å². The number of carbonyl (C=O) groups excluding carboxylic acids is 1. The first kappa shape index (κ1) is 19.9. The summed E-state index contributed by atoms with van der Waals surface area (Å²) in [7, 11) is 0. The highest BCUT2D eigenvalue weighted by Crippen LogP contribution is 2.25. The van der Waals surface area contributed by atoms with Crippen LogP contribution in [0, 0.1) is 0 Å². The lowest BCUT2D eigenvalue weighted by Gasteiger charge is -2.35. The van der Waals surface area contributed by atoms with Crippen molar-refractivity contribution in [1.82, 2.24) is 20.1 Å². The summed E-state index contributed by atoms with van der Waals surface area (Å²) in [5.41, 5.74) is 1.54. The zero-order valence-corrected chi connectivity index (χ0v) is 17.6. The number of amides is 1. The SMILES string of the molecule is O=C(COc1cccc2ccccc12)N1CCN(c2ccc(-c3ccccn3)nn2)CC1. The van der Waals surface area contributed by atoms with Gasteiger partial charge >= 0.3 is 0 Å². The molecular weight excluding hydrogens is 402 g/mol. The van der Waals surface area contributed by atoms with Crippen LogP contribution in [0.25, 0.3) is 22.2 Å². The molecule has 0 aliphatic carbocycles. The zero-order valence-electron chi connectivity index (χ0n) is 17.6. The van der Waals surface area contributed by atoms with E-state index in [4.69, 9.17) is 4.74 Å². The Morgan fingerprint density at radius 1 is 0.812 bits per heavy atom. The predicted octanol–water partition coefficient (Wildman–Crippen LogP) is 3.42. The van der Waals surface area contributed by atoms with Crippen LogP contribution in [0.2, 0.25) is 0 Å². The predicted molar refractivity (Wildman–Crippen MR) is 123 cm³/mol. The molecule has 0 bridgehead atoms. The Labute approximate surface area is 186 Å². The number of hydrogen-bond acceptors (Lipinski definition) is 6. The smallest absolute Gasteiger partial charge is 0.260 e. The molecule has 0 atom stereocenters. The minimum atomic E-state index is -0.00540. The van der Waals surface area contributed by atoms with Crippen LogP contribution in [0.5, 0.6) is 5.75 Å². The number of nitrogens with zero attached hydrogens (tertiary/aromatic N) is 5. The fourth-order valence-electron chi connectivity index (χ4n) is 3.88. The third kappa shape index (κ3) is 4.23. The van der Waals surface area contributed by atoms with Crippen LogP contribution < -0.4 is 9.64 Å². The van der Waals surface area contributed by atoms with Crippen molar-refractivity contribution < 1.29 is 9.53 Å². The summed E-state index contributed by atoms with van der Waals surface area (Å²) in [6.07, 6.45) is 1.74. The summed E-state index contributed by atoms with van der Waals surface area (Å²) in [6.45, 7) is 2.70. The molecule has 0 saturated carbocycles. The van der Waals surface area contributed by atoms with Gasteiger partial charge in [0.1, 0.15) is 11.4 Å². The number of anilines is 1. The van der Waals surface area contributed by atoms with Crippen LogP contribution in [0.1, 0.15) is 0 Å².